The van der Waals surface area contributed by atoms with Crippen molar-refractivity contribution >= 4 is 0 Å². The molecule has 0 aliphatic carbocycles. The van der Waals surface area contributed by atoms with Crippen LogP contribution in [0.15, 0.2) is 30.7 Å². The first-order valence-electron chi connectivity index (χ1n) is 9.45. The van der Waals surface area contributed by atoms with Crippen LogP contribution in [0.25, 0.3) is 17.2 Å². The van der Waals surface area contributed by atoms with Crippen LogP contribution < -0.4 is 4.74 Å². The Balaban J connectivity index is 1.68. The standard InChI is InChI=1S/C21H22FN7O/c1-12-18(28(4)27-20(12)17-7-6-15(22)10-23-17)8-16-9-19(25-11-24-16)29-14(3)21(30-5)13(2)26-29/h6-7,9-11H,8H2,1-5H3. The van der Waals surface area contributed by atoms with E-state index in [1.54, 1.807) is 17.9 Å². The van der Waals surface area contributed by atoms with Gasteiger partial charge in [-0.05, 0) is 32.9 Å². The number of ether oxygens (including phenoxy) is 1. The van der Waals surface area contributed by atoms with E-state index in [1.807, 2.05) is 38.6 Å². The monoisotopic (exact) mass is 407 g/mol. The van der Waals surface area contributed by atoms with Gasteiger partial charge in [-0.1, -0.05) is 0 Å². The highest BCUT2D eigenvalue weighted by atomic mass is 19.1. The number of aromatic nitrogens is 7. The third-order valence-electron chi connectivity index (χ3n) is 5.10. The molecule has 0 aliphatic heterocycles. The van der Waals surface area contributed by atoms with Crippen molar-refractivity contribution in [2.75, 3.05) is 7.11 Å². The van der Waals surface area contributed by atoms with Crippen LogP contribution >= 0.6 is 0 Å². The lowest BCUT2D eigenvalue weighted by Gasteiger charge is -2.07. The Labute approximate surface area is 173 Å². The molecular weight excluding hydrogens is 385 g/mol. The van der Waals surface area contributed by atoms with E-state index in [2.05, 4.69) is 25.1 Å². The molecule has 0 spiro atoms. The summed E-state index contributed by atoms with van der Waals surface area (Å²) in [6, 6.07) is 4.92. The molecule has 30 heavy (non-hydrogen) atoms. The van der Waals surface area contributed by atoms with Crippen LogP contribution in [0, 0.1) is 26.6 Å². The predicted octanol–water partition coefficient (Wildman–Crippen LogP) is 3.12. The molecule has 4 heterocycles. The molecular formula is C21H22FN7O. The first-order valence-corrected chi connectivity index (χ1v) is 9.45. The fourth-order valence-electron chi connectivity index (χ4n) is 3.59. The van der Waals surface area contributed by atoms with Gasteiger partial charge in [-0.15, -0.1) is 0 Å². The SMILES string of the molecule is COc1c(C)nn(-c2cc(Cc3c(C)c(-c4ccc(F)cn4)nn3C)ncn2)c1C. The number of nitrogens with zero attached hydrogens (tertiary/aromatic N) is 7. The van der Waals surface area contributed by atoms with Gasteiger partial charge in [-0.25, -0.2) is 19.0 Å². The summed E-state index contributed by atoms with van der Waals surface area (Å²) in [5.74, 6) is 1.04. The van der Waals surface area contributed by atoms with Crippen LogP contribution in [0.1, 0.15) is 28.3 Å². The zero-order valence-corrected chi connectivity index (χ0v) is 17.5. The van der Waals surface area contributed by atoms with E-state index < -0.39 is 0 Å². The molecule has 0 aliphatic rings. The summed E-state index contributed by atoms with van der Waals surface area (Å²) in [5.41, 5.74) is 5.83. The summed E-state index contributed by atoms with van der Waals surface area (Å²) in [5, 5.41) is 9.11. The van der Waals surface area contributed by atoms with E-state index >= 15 is 0 Å². The Morgan fingerprint density at radius 2 is 1.87 bits per heavy atom. The van der Waals surface area contributed by atoms with Crippen LogP contribution in [-0.4, -0.2) is 41.6 Å². The second kappa shape index (κ2) is 7.66. The zero-order chi connectivity index (χ0) is 21.4. The van der Waals surface area contributed by atoms with Crippen molar-refractivity contribution in [1.29, 1.82) is 0 Å². The lowest BCUT2D eigenvalue weighted by molar-refractivity contribution is 0.408. The summed E-state index contributed by atoms with van der Waals surface area (Å²) in [7, 11) is 3.51. The Hall–Kier alpha value is -3.62. The molecule has 0 saturated heterocycles. The average molecular weight is 407 g/mol. The molecule has 0 radical (unpaired) electrons. The minimum Gasteiger partial charge on any atom is -0.493 e. The van der Waals surface area contributed by atoms with Gasteiger partial charge < -0.3 is 4.74 Å². The van der Waals surface area contributed by atoms with E-state index in [0.717, 1.165) is 39.8 Å². The second-order valence-corrected chi connectivity index (χ2v) is 7.07. The third kappa shape index (κ3) is 3.42. The summed E-state index contributed by atoms with van der Waals surface area (Å²) in [4.78, 5) is 13.0. The number of pyridine rings is 1. The average Bonchev–Trinajstić information content (AvgIpc) is 3.18. The summed E-state index contributed by atoms with van der Waals surface area (Å²) in [6.45, 7) is 5.82. The minimum atomic E-state index is -0.373. The van der Waals surface area contributed by atoms with E-state index in [4.69, 9.17) is 4.74 Å². The Kier molecular flexibility index (Phi) is 5.03. The molecule has 0 fully saturated rings. The van der Waals surface area contributed by atoms with Crippen molar-refractivity contribution in [3.05, 3.63) is 64.9 Å². The maximum atomic E-state index is 13.2. The number of hydrogen-bond acceptors (Lipinski definition) is 6. The molecule has 154 valence electrons. The summed E-state index contributed by atoms with van der Waals surface area (Å²) < 4.78 is 22.2. The molecule has 0 atom stereocenters. The molecule has 4 aromatic heterocycles. The molecule has 0 N–H and O–H groups in total. The van der Waals surface area contributed by atoms with Gasteiger partial charge in [-0.2, -0.15) is 10.2 Å². The fourth-order valence-corrected chi connectivity index (χ4v) is 3.59. The molecule has 9 heteroatoms. The Morgan fingerprint density at radius 1 is 1.07 bits per heavy atom. The molecule has 4 aromatic rings. The van der Waals surface area contributed by atoms with Crippen LogP contribution in [0.4, 0.5) is 4.39 Å². The van der Waals surface area contributed by atoms with E-state index in [0.29, 0.717) is 17.9 Å². The number of hydrogen-bond donors (Lipinski definition) is 0. The van der Waals surface area contributed by atoms with Crippen molar-refractivity contribution in [3.8, 4) is 23.0 Å². The highest BCUT2D eigenvalue weighted by Gasteiger charge is 2.18. The van der Waals surface area contributed by atoms with Gasteiger partial charge in [0.1, 0.15) is 23.5 Å². The van der Waals surface area contributed by atoms with Crippen LogP contribution in [0.2, 0.25) is 0 Å². The van der Waals surface area contributed by atoms with Gasteiger partial charge in [-0.3, -0.25) is 9.67 Å². The predicted molar refractivity (Wildman–Crippen MR) is 109 cm³/mol. The maximum absolute atomic E-state index is 13.2. The largest absolute Gasteiger partial charge is 0.493 e. The van der Waals surface area contributed by atoms with Gasteiger partial charge in [0, 0.05) is 30.8 Å². The number of aryl methyl sites for hydroxylation is 2. The van der Waals surface area contributed by atoms with Crippen molar-refractivity contribution < 1.29 is 9.13 Å². The molecule has 0 amide bonds. The lowest BCUT2D eigenvalue weighted by Crippen LogP contribution is -2.06. The summed E-state index contributed by atoms with van der Waals surface area (Å²) >= 11 is 0. The molecule has 0 aromatic carbocycles. The fraction of sp³-hybridized carbons (Fsp3) is 0.286. The van der Waals surface area contributed by atoms with Gasteiger partial charge >= 0.3 is 0 Å². The first kappa shape index (κ1) is 19.7. The van der Waals surface area contributed by atoms with Gasteiger partial charge in [0.25, 0.3) is 0 Å². The van der Waals surface area contributed by atoms with E-state index in [1.165, 1.54) is 18.6 Å². The molecule has 0 saturated carbocycles. The molecule has 4 rings (SSSR count). The topological polar surface area (TPSA) is 83.5 Å². The third-order valence-corrected chi connectivity index (χ3v) is 5.10. The number of rotatable bonds is 5. The quantitative estimate of drug-likeness (QED) is 0.505. The van der Waals surface area contributed by atoms with Crippen molar-refractivity contribution in [3.63, 3.8) is 0 Å². The van der Waals surface area contributed by atoms with Crippen molar-refractivity contribution in [2.45, 2.75) is 27.2 Å². The van der Waals surface area contributed by atoms with Crippen LogP contribution in [0.5, 0.6) is 5.75 Å². The maximum Gasteiger partial charge on any atom is 0.163 e. The smallest absolute Gasteiger partial charge is 0.163 e. The highest BCUT2D eigenvalue weighted by Crippen LogP contribution is 2.26. The molecule has 8 nitrogen and oxygen atoms in total. The number of methoxy groups -OCH3 is 1. The highest BCUT2D eigenvalue weighted by molar-refractivity contribution is 5.59. The van der Waals surface area contributed by atoms with Crippen molar-refractivity contribution in [2.24, 2.45) is 7.05 Å². The normalized spacial score (nSPS) is 11.1. The van der Waals surface area contributed by atoms with Crippen LogP contribution in [0.3, 0.4) is 0 Å². The minimum absolute atomic E-state index is 0.373. The Bertz CT molecular complexity index is 1210. The van der Waals surface area contributed by atoms with Crippen LogP contribution in [-0.2, 0) is 13.5 Å². The lowest BCUT2D eigenvalue weighted by atomic mass is 10.1. The van der Waals surface area contributed by atoms with E-state index in [-0.39, 0.29) is 5.82 Å². The van der Waals surface area contributed by atoms with Gasteiger partial charge in [0.15, 0.2) is 11.6 Å². The molecule has 0 bridgehead atoms. The van der Waals surface area contributed by atoms with E-state index in [9.17, 15) is 4.39 Å². The van der Waals surface area contributed by atoms with Gasteiger partial charge in [0.2, 0.25) is 0 Å². The van der Waals surface area contributed by atoms with Gasteiger partial charge in [0.05, 0.1) is 30.4 Å². The zero-order valence-electron chi connectivity index (χ0n) is 17.5. The molecule has 0 unspecified atom stereocenters. The number of halogens is 1. The second-order valence-electron chi connectivity index (χ2n) is 7.07. The first-order chi connectivity index (χ1) is 14.4. The Morgan fingerprint density at radius 3 is 2.53 bits per heavy atom. The van der Waals surface area contributed by atoms with Crippen molar-refractivity contribution in [1.82, 2.24) is 34.5 Å². The summed E-state index contributed by atoms with van der Waals surface area (Å²) in [6.07, 6.45) is 3.28.